The molecule has 2 bridgehead atoms. The number of allylic oxidation sites excluding steroid dienone is 1. The zero-order valence-corrected chi connectivity index (χ0v) is 15.1. The Bertz CT molecular complexity index is 605. The molecule has 2 fully saturated rings. The Labute approximate surface area is 141 Å². The summed E-state index contributed by atoms with van der Waals surface area (Å²) in [7, 11) is 0. The van der Waals surface area contributed by atoms with Gasteiger partial charge in [-0.2, -0.15) is 0 Å². The Morgan fingerprint density at radius 3 is 2.65 bits per heavy atom. The molecule has 1 heterocycles. The van der Waals surface area contributed by atoms with Crippen molar-refractivity contribution in [2.24, 2.45) is 11.8 Å². The Morgan fingerprint density at radius 1 is 1.30 bits per heavy atom. The van der Waals surface area contributed by atoms with Crippen LogP contribution in [0, 0.1) is 18.8 Å². The van der Waals surface area contributed by atoms with Crippen LogP contribution < -0.4 is 0 Å². The summed E-state index contributed by atoms with van der Waals surface area (Å²) in [6, 6.07) is 8.88. The Hall–Kier alpha value is -1.34. The van der Waals surface area contributed by atoms with Crippen LogP contribution >= 0.6 is 0 Å². The predicted octanol–water partition coefficient (Wildman–Crippen LogP) is 6.15. The number of rotatable bonds is 3. The van der Waals surface area contributed by atoms with E-state index in [1.165, 1.54) is 35.1 Å². The van der Waals surface area contributed by atoms with E-state index in [-0.39, 0.29) is 11.7 Å². The first kappa shape index (κ1) is 16.5. The molecular weight excluding hydrogens is 280 g/mol. The molecule has 1 aromatic rings. The molecule has 0 radical (unpaired) electrons. The van der Waals surface area contributed by atoms with Crippen LogP contribution in [0.2, 0.25) is 0 Å². The smallest absolute Gasteiger partial charge is 0.0897 e. The first-order chi connectivity index (χ1) is 10.9. The summed E-state index contributed by atoms with van der Waals surface area (Å²) in [4.78, 5) is 0. The van der Waals surface area contributed by atoms with E-state index in [0.717, 1.165) is 12.8 Å². The first-order valence-corrected chi connectivity index (χ1v) is 8.94. The van der Waals surface area contributed by atoms with Crippen molar-refractivity contribution in [2.45, 2.75) is 65.1 Å². The third-order valence-corrected chi connectivity index (χ3v) is 5.82. The van der Waals surface area contributed by atoms with E-state index in [0.29, 0.717) is 11.8 Å². The van der Waals surface area contributed by atoms with Gasteiger partial charge in [0, 0.05) is 5.92 Å². The van der Waals surface area contributed by atoms with Gasteiger partial charge in [0.2, 0.25) is 0 Å². The summed E-state index contributed by atoms with van der Waals surface area (Å²) in [6.07, 6.45) is 7.13. The van der Waals surface area contributed by atoms with Crippen LogP contribution in [0.3, 0.4) is 0 Å². The number of hydrogen-bond acceptors (Lipinski definition) is 1. The monoisotopic (exact) mass is 310 g/mol. The van der Waals surface area contributed by atoms with Gasteiger partial charge in [-0.15, -0.1) is 0 Å². The average molecular weight is 310 g/mol. The summed E-state index contributed by atoms with van der Waals surface area (Å²) < 4.78 is 6.78. The van der Waals surface area contributed by atoms with Crippen molar-refractivity contribution in [1.82, 2.24) is 0 Å². The highest BCUT2D eigenvalue weighted by Crippen LogP contribution is 2.53. The van der Waals surface area contributed by atoms with Crippen LogP contribution in [0.5, 0.6) is 0 Å². The van der Waals surface area contributed by atoms with E-state index in [2.05, 4.69) is 64.6 Å². The van der Waals surface area contributed by atoms with Crippen molar-refractivity contribution in [3.63, 3.8) is 0 Å². The minimum atomic E-state index is -0.0516. The SMILES string of the molecule is C=C1CC[C@H]2C[C@@H]1[C@@H](c1ccc(C)cc1)O[C@]2(C)CC=C(C)C. The van der Waals surface area contributed by atoms with Gasteiger partial charge in [0.05, 0.1) is 11.7 Å². The molecule has 1 aliphatic carbocycles. The molecule has 23 heavy (non-hydrogen) atoms. The van der Waals surface area contributed by atoms with E-state index in [4.69, 9.17) is 4.74 Å². The third-order valence-electron chi connectivity index (χ3n) is 5.82. The van der Waals surface area contributed by atoms with E-state index >= 15 is 0 Å². The minimum absolute atomic E-state index is 0.0516. The Kier molecular flexibility index (Phi) is 4.51. The lowest BCUT2D eigenvalue weighted by Gasteiger charge is -2.52. The van der Waals surface area contributed by atoms with E-state index < -0.39 is 0 Å². The summed E-state index contributed by atoms with van der Waals surface area (Å²) in [5.74, 6) is 1.13. The maximum Gasteiger partial charge on any atom is 0.0897 e. The van der Waals surface area contributed by atoms with Crippen LogP contribution in [0.25, 0.3) is 0 Å². The van der Waals surface area contributed by atoms with Gasteiger partial charge in [0.15, 0.2) is 0 Å². The topological polar surface area (TPSA) is 9.23 Å². The Balaban J connectivity index is 1.92. The molecule has 124 valence electrons. The molecule has 0 N–H and O–H groups in total. The molecule has 1 nitrogen and oxygen atoms in total. The molecule has 1 heteroatoms. The normalized spacial score (nSPS) is 33.4. The molecule has 1 saturated carbocycles. The second-order valence-electron chi connectivity index (χ2n) is 7.98. The molecule has 0 spiro atoms. The fraction of sp³-hybridized carbons (Fsp3) is 0.545. The molecular formula is C22H30O. The minimum Gasteiger partial charge on any atom is -0.366 e. The van der Waals surface area contributed by atoms with Crippen LogP contribution in [-0.4, -0.2) is 5.60 Å². The largest absolute Gasteiger partial charge is 0.366 e. The van der Waals surface area contributed by atoms with Gasteiger partial charge in [-0.1, -0.05) is 53.6 Å². The van der Waals surface area contributed by atoms with Crippen molar-refractivity contribution in [2.75, 3.05) is 0 Å². The lowest BCUT2D eigenvalue weighted by atomic mass is 9.65. The fourth-order valence-corrected chi connectivity index (χ4v) is 4.17. The fourth-order valence-electron chi connectivity index (χ4n) is 4.17. The molecule has 1 saturated heterocycles. The van der Waals surface area contributed by atoms with Crippen molar-refractivity contribution in [1.29, 1.82) is 0 Å². The lowest BCUT2D eigenvalue weighted by molar-refractivity contribution is -0.181. The molecule has 0 aromatic heterocycles. The second-order valence-corrected chi connectivity index (χ2v) is 7.98. The molecule has 1 aliphatic heterocycles. The van der Waals surface area contributed by atoms with Crippen LogP contribution in [0.1, 0.15) is 63.7 Å². The average Bonchev–Trinajstić information content (AvgIpc) is 2.52. The van der Waals surface area contributed by atoms with Crippen molar-refractivity contribution >= 4 is 0 Å². The van der Waals surface area contributed by atoms with Crippen LogP contribution in [-0.2, 0) is 4.74 Å². The molecule has 1 aromatic carbocycles. The van der Waals surface area contributed by atoms with Crippen molar-refractivity contribution < 1.29 is 4.74 Å². The quantitative estimate of drug-likeness (QED) is 0.608. The van der Waals surface area contributed by atoms with E-state index in [1.54, 1.807) is 0 Å². The van der Waals surface area contributed by atoms with E-state index in [1.807, 2.05) is 0 Å². The van der Waals surface area contributed by atoms with Gasteiger partial charge in [-0.05, 0) is 64.9 Å². The van der Waals surface area contributed by atoms with Crippen LogP contribution in [0.15, 0.2) is 48.1 Å². The second kappa shape index (κ2) is 6.28. The summed E-state index contributed by atoms with van der Waals surface area (Å²) in [5.41, 5.74) is 5.33. The van der Waals surface area contributed by atoms with Gasteiger partial charge >= 0.3 is 0 Å². The Morgan fingerprint density at radius 2 is 2.00 bits per heavy atom. The molecule has 0 amide bonds. The molecule has 4 atom stereocenters. The summed E-state index contributed by atoms with van der Waals surface area (Å²) in [6.45, 7) is 13.2. The molecule has 0 unspecified atom stereocenters. The first-order valence-electron chi connectivity index (χ1n) is 8.94. The van der Waals surface area contributed by atoms with Crippen molar-refractivity contribution in [3.8, 4) is 0 Å². The standard InChI is InChI=1S/C22H30O/c1-15(2)12-13-22(5)19-11-8-17(4)20(14-19)21(23-22)18-9-6-16(3)7-10-18/h6-7,9-10,12,19-21H,4,8,11,13-14H2,1-3,5H3/t19-,20-,21+,22+/m0/s1. The van der Waals surface area contributed by atoms with Gasteiger partial charge < -0.3 is 4.74 Å². The zero-order chi connectivity index (χ0) is 16.6. The summed E-state index contributed by atoms with van der Waals surface area (Å²) >= 11 is 0. The van der Waals surface area contributed by atoms with Gasteiger partial charge in [-0.3, -0.25) is 0 Å². The van der Waals surface area contributed by atoms with Gasteiger partial charge in [0.1, 0.15) is 0 Å². The molecule has 2 aliphatic rings. The highest BCUT2D eigenvalue weighted by molar-refractivity contribution is 5.28. The number of hydrogen-bond donors (Lipinski definition) is 0. The lowest BCUT2D eigenvalue weighted by Crippen LogP contribution is -2.48. The number of fused-ring (bicyclic) bond motifs is 2. The number of aryl methyl sites for hydroxylation is 1. The third kappa shape index (κ3) is 3.30. The maximum absolute atomic E-state index is 6.78. The number of benzene rings is 1. The maximum atomic E-state index is 6.78. The zero-order valence-electron chi connectivity index (χ0n) is 15.1. The van der Waals surface area contributed by atoms with Gasteiger partial charge in [-0.25, -0.2) is 0 Å². The van der Waals surface area contributed by atoms with Crippen LogP contribution in [0.4, 0.5) is 0 Å². The highest BCUT2D eigenvalue weighted by atomic mass is 16.5. The predicted molar refractivity (Wildman–Crippen MR) is 97.4 cm³/mol. The number of ether oxygens (including phenoxy) is 1. The van der Waals surface area contributed by atoms with Crippen molar-refractivity contribution in [3.05, 3.63) is 59.2 Å². The van der Waals surface area contributed by atoms with E-state index in [9.17, 15) is 0 Å². The highest BCUT2D eigenvalue weighted by Gasteiger charge is 2.48. The molecule has 3 rings (SSSR count). The van der Waals surface area contributed by atoms with Gasteiger partial charge in [0.25, 0.3) is 0 Å². The summed E-state index contributed by atoms with van der Waals surface area (Å²) in [5, 5.41) is 0.